The molecular weight excluding hydrogens is 410 g/mol. The van der Waals surface area contributed by atoms with Gasteiger partial charge in [-0.15, -0.1) is 10.2 Å². The van der Waals surface area contributed by atoms with E-state index in [2.05, 4.69) is 73.7 Å². The summed E-state index contributed by atoms with van der Waals surface area (Å²) in [6.45, 7) is 12.8. The van der Waals surface area contributed by atoms with Crippen LogP contribution in [0.5, 0.6) is 0 Å². The summed E-state index contributed by atoms with van der Waals surface area (Å²) in [4.78, 5) is 15.8. The molecule has 1 N–H and O–H groups in total. The molecule has 33 heavy (non-hydrogen) atoms. The first-order chi connectivity index (χ1) is 15.6. The van der Waals surface area contributed by atoms with E-state index < -0.39 is 0 Å². The van der Waals surface area contributed by atoms with E-state index in [0.29, 0.717) is 11.5 Å². The molecule has 2 atom stereocenters. The Morgan fingerprint density at radius 1 is 1.15 bits per heavy atom. The van der Waals surface area contributed by atoms with Gasteiger partial charge in [-0.2, -0.15) is 0 Å². The lowest BCUT2D eigenvalue weighted by Crippen LogP contribution is -2.43. The molecule has 1 saturated carbocycles. The Labute approximate surface area is 199 Å². The highest BCUT2D eigenvalue weighted by molar-refractivity contribution is 5.94. The van der Waals surface area contributed by atoms with Crippen LogP contribution in [0.1, 0.15) is 87.6 Å². The van der Waals surface area contributed by atoms with Gasteiger partial charge in [0.1, 0.15) is 11.6 Å². The Morgan fingerprint density at radius 2 is 1.91 bits per heavy atom. The number of likely N-dealkylation sites (N-methyl/N-ethyl adjacent to an activating group) is 1. The van der Waals surface area contributed by atoms with Crippen molar-refractivity contribution >= 4 is 11.6 Å². The molecule has 0 radical (unpaired) electrons. The van der Waals surface area contributed by atoms with Crippen molar-refractivity contribution in [3.8, 4) is 0 Å². The van der Waals surface area contributed by atoms with Crippen LogP contribution in [0.25, 0.3) is 0 Å². The molecule has 1 aliphatic heterocycles. The molecule has 2 fully saturated rings. The summed E-state index contributed by atoms with van der Waals surface area (Å²) in [7, 11) is 2.15. The lowest BCUT2D eigenvalue weighted by molar-refractivity contribution is -0.122. The molecule has 180 valence electrons. The van der Waals surface area contributed by atoms with Crippen molar-refractivity contribution in [1.82, 2.24) is 19.7 Å². The molecule has 0 bridgehead atoms. The summed E-state index contributed by atoms with van der Waals surface area (Å²) >= 11 is 0. The van der Waals surface area contributed by atoms with Gasteiger partial charge in [0.2, 0.25) is 5.91 Å². The van der Waals surface area contributed by atoms with Crippen molar-refractivity contribution in [3.63, 3.8) is 0 Å². The second kappa shape index (κ2) is 9.57. The summed E-state index contributed by atoms with van der Waals surface area (Å²) in [5.74, 6) is 2.22. The van der Waals surface area contributed by atoms with Crippen LogP contribution in [-0.2, 0) is 11.2 Å². The van der Waals surface area contributed by atoms with Crippen molar-refractivity contribution < 1.29 is 4.79 Å². The van der Waals surface area contributed by atoms with E-state index in [1.54, 1.807) is 0 Å². The average molecular weight is 452 g/mol. The first-order valence-corrected chi connectivity index (χ1v) is 12.6. The van der Waals surface area contributed by atoms with Crippen molar-refractivity contribution in [3.05, 3.63) is 41.0 Å². The van der Waals surface area contributed by atoms with E-state index in [0.717, 1.165) is 55.3 Å². The van der Waals surface area contributed by atoms with E-state index in [4.69, 9.17) is 5.10 Å². The number of hydrogen-bond acceptors (Lipinski definition) is 4. The van der Waals surface area contributed by atoms with Crippen LogP contribution in [0.3, 0.4) is 0 Å². The lowest BCUT2D eigenvalue weighted by atomic mass is 9.84. The average Bonchev–Trinajstić information content (AvgIpc) is 3.48. The molecule has 6 nitrogen and oxygen atoms in total. The molecule has 1 saturated heterocycles. The Hall–Kier alpha value is -2.21. The Balaban J connectivity index is 1.56. The van der Waals surface area contributed by atoms with Crippen LogP contribution in [0, 0.1) is 25.2 Å². The van der Waals surface area contributed by atoms with E-state index >= 15 is 0 Å². The van der Waals surface area contributed by atoms with Gasteiger partial charge in [-0.1, -0.05) is 38.5 Å². The molecule has 2 heterocycles. The van der Waals surface area contributed by atoms with E-state index in [-0.39, 0.29) is 17.7 Å². The van der Waals surface area contributed by atoms with Crippen LogP contribution in [0.2, 0.25) is 0 Å². The third-order valence-corrected chi connectivity index (χ3v) is 7.16. The summed E-state index contributed by atoms with van der Waals surface area (Å²) in [5.41, 5.74) is 3.56. The number of likely N-dealkylation sites (tertiary alicyclic amines) is 1. The number of nitrogens with zero attached hydrogens (tertiary/aromatic N) is 4. The fraction of sp³-hybridized carbons (Fsp3) is 0.667. The quantitative estimate of drug-likeness (QED) is 0.623. The van der Waals surface area contributed by atoms with Gasteiger partial charge in [0.25, 0.3) is 0 Å². The summed E-state index contributed by atoms with van der Waals surface area (Å²) in [6.07, 6.45) is 6.48. The zero-order valence-electron chi connectivity index (χ0n) is 21.3. The molecule has 0 spiro atoms. The fourth-order valence-electron chi connectivity index (χ4n) is 5.14. The number of rotatable bonds is 7. The van der Waals surface area contributed by atoms with Crippen molar-refractivity contribution in [1.29, 1.82) is 0 Å². The second-order valence-electron chi connectivity index (χ2n) is 11.6. The van der Waals surface area contributed by atoms with Crippen molar-refractivity contribution in [2.75, 3.05) is 25.5 Å². The summed E-state index contributed by atoms with van der Waals surface area (Å²) in [5, 5.41) is 12.6. The molecule has 2 aliphatic rings. The van der Waals surface area contributed by atoms with E-state index in [1.165, 1.54) is 24.8 Å². The SMILES string of the molecule is Cc1ccc(NC(=O)[C@H]2CCN(C)C[C@@H]2c2nnc(CCCC(C)(C)C)n2C2CC2)c(C)c1. The van der Waals surface area contributed by atoms with Gasteiger partial charge in [-0.25, -0.2) is 0 Å². The highest BCUT2D eigenvalue weighted by Gasteiger charge is 2.40. The van der Waals surface area contributed by atoms with Gasteiger partial charge >= 0.3 is 0 Å². The minimum Gasteiger partial charge on any atom is -0.326 e. The fourth-order valence-corrected chi connectivity index (χ4v) is 5.14. The Morgan fingerprint density at radius 3 is 2.58 bits per heavy atom. The standard InChI is InChI=1S/C27H41N5O/c1-18-9-12-23(19(2)16-18)28-26(33)21-13-15-31(6)17-22(21)25-30-29-24(32(25)20-10-11-20)8-7-14-27(3,4)5/h9,12,16,20-22H,7-8,10-11,13-15,17H2,1-6H3,(H,28,33)/t21-,22-/m0/s1. The zero-order valence-corrected chi connectivity index (χ0v) is 21.3. The van der Waals surface area contributed by atoms with Gasteiger partial charge in [-0.05, 0) is 76.6 Å². The smallest absolute Gasteiger partial charge is 0.228 e. The monoisotopic (exact) mass is 451 g/mol. The topological polar surface area (TPSA) is 63.1 Å². The predicted octanol–water partition coefficient (Wildman–Crippen LogP) is 5.27. The third kappa shape index (κ3) is 5.84. The number of carbonyl (C=O) groups excluding carboxylic acids is 1. The maximum absolute atomic E-state index is 13.5. The molecule has 6 heteroatoms. The predicted molar refractivity (Wildman–Crippen MR) is 134 cm³/mol. The number of anilines is 1. The van der Waals surface area contributed by atoms with Crippen LogP contribution in [0.4, 0.5) is 5.69 Å². The normalized spacial score (nSPS) is 21.9. The number of aromatic nitrogens is 3. The van der Waals surface area contributed by atoms with Crippen LogP contribution >= 0.6 is 0 Å². The van der Waals surface area contributed by atoms with Gasteiger partial charge in [0.05, 0.1) is 5.92 Å². The summed E-state index contributed by atoms with van der Waals surface area (Å²) in [6, 6.07) is 6.71. The van der Waals surface area contributed by atoms with Crippen LogP contribution in [-0.4, -0.2) is 45.7 Å². The minimum absolute atomic E-state index is 0.0685. The second-order valence-corrected chi connectivity index (χ2v) is 11.6. The first kappa shape index (κ1) is 23.9. The molecule has 1 aliphatic carbocycles. The van der Waals surface area contributed by atoms with E-state index in [9.17, 15) is 4.79 Å². The maximum atomic E-state index is 13.5. The van der Waals surface area contributed by atoms with Gasteiger partial charge in [0, 0.05) is 30.6 Å². The summed E-state index contributed by atoms with van der Waals surface area (Å²) < 4.78 is 2.41. The highest BCUT2D eigenvalue weighted by atomic mass is 16.1. The molecule has 0 unspecified atom stereocenters. The number of aryl methyl sites for hydroxylation is 3. The number of carbonyl (C=O) groups is 1. The van der Waals surface area contributed by atoms with Crippen LogP contribution in [0.15, 0.2) is 18.2 Å². The number of piperidine rings is 1. The number of amides is 1. The Bertz CT molecular complexity index is 985. The number of hydrogen-bond donors (Lipinski definition) is 1. The molecule has 4 rings (SSSR count). The zero-order chi connectivity index (χ0) is 23.8. The number of nitrogens with one attached hydrogen (secondary N) is 1. The molecule has 1 amide bonds. The van der Waals surface area contributed by atoms with Gasteiger partial charge in [0.15, 0.2) is 0 Å². The lowest BCUT2D eigenvalue weighted by Gasteiger charge is -2.35. The largest absolute Gasteiger partial charge is 0.326 e. The minimum atomic E-state index is -0.0916. The molecule has 1 aromatic carbocycles. The van der Waals surface area contributed by atoms with E-state index in [1.807, 2.05) is 6.07 Å². The van der Waals surface area contributed by atoms with Gasteiger partial charge in [-0.3, -0.25) is 4.79 Å². The van der Waals surface area contributed by atoms with Crippen LogP contribution < -0.4 is 5.32 Å². The first-order valence-electron chi connectivity index (χ1n) is 12.6. The molecule has 1 aromatic heterocycles. The number of benzene rings is 1. The van der Waals surface area contributed by atoms with Crippen molar-refractivity contribution in [2.24, 2.45) is 11.3 Å². The highest BCUT2D eigenvalue weighted by Crippen LogP contribution is 2.41. The molecule has 2 aromatic rings. The van der Waals surface area contributed by atoms with Gasteiger partial charge < -0.3 is 14.8 Å². The third-order valence-electron chi connectivity index (χ3n) is 7.16. The molecular formula is C27H41N5O. The Kier molecular flexibility index (Phi) is 6.94. The van der Waals surface area contributed by atoms with Crippen molar-refractivity contribution in [2.45, 2.75) is 85.1 Å². The maximum Gasteiger partial charge on any atom is 0.228 e.